The van der Waals surface area contributed by atoms with Crippen molar-refractivity contribution < 1.29 is 9.59 Å². The first-order chi connectivity index (χ1) is 9.87. The Morgan fingerprint density at radius 3 is 2.43 bits per heavy atom. The van der Waals surface area contributed by atoms with E-state index in [1.165, 1.54) is 19.3 Å². The average molecular weight is 294 g/mol. The number of hydrogen-bond donors (Lipinski definition) is 1. The molecule has 1 saturated carbocycles. The molecule has 1 atom stereocenters. The molecular formula is C17H30N2O2. The highest BCUT2D eigenvalue weighted by Crippen LogP contribution is 2.28. The van der Waals surface area contributed by atoms with E-state index < -0.39 is 0 Å². The van der Waals surface area contributed by atoms with Crippen LogP contribution in [0.5, 0.6) is 0 Å². The van der Waals surface area contributed by atoms with Crippen molar-refractivity contribution in [2.24, 2.45) is 11.3 Å². The monoisotopic (exact) mass is 294 g/mol. The Kier molecular flexibility index (Phi) is 5.28. The first kappa shape index (κ1) is 16.3. The SMILES string of the molecule is CC(C)(C)CCN1CCC(=O)NC(C2CCCCC2)C1=O. The lowest BCUT2D eigenvalue weighted by Gasteiger charge is -2.32. The zero-order chi connectivity index (χ0) is 15.5. The van der Waals surface area contributed by atoms with Crippen LogP contribution in [0.1, 0.15) is 65.7 Å². The van der Waals surface area contributed by atoms with Crippen LogP contribution in [-0.2, 0) is 9.59 Å². The van der Waals surface area contributed by atoms with Crippen LogP contribution in [0, 0.1) is 11.3 Å². The first-order valence-corrected chi connectivity index (χ1v) is 8.45. The summed E-state index contributed by atoms with van der Waals surface area (Å²) in [6.07, 6.45) is 7.20. The number of rotatable bonds is 3. The summed E-state index contributed by atoms with van der Waals surface area (Å²) in [5.41, 5.74) is 0.213. The van der Waals surface area contributed by atoms with Gasteiger partial charge in [-0.15, -0.1) is 0 Å². The summed E-state index contributed by atoms with van der Waals surface area (Å²) in [7, 11) is 0. The van der Waals surface area contributed by atoms with Crippen molar-refractivity contribution in [3.8, 4) is 0 Å². The van der Waals surface area contributed by atoms with Crippen LogP contribution in [-0.4, -0.2) is 35.8 Å². The molecule has 0 aromatic carbocycles. The summed E-state index contributed by atoms with van der Waals surface area (Å²) < 4.78 is 0. The number of amides is 2. The van der Waals surface area contributed by atoms with Gasteiger partial charge in [-0.1, -0.05) is 40.0 Å². The fourth-order valence-corrected chi connectivity index (χ4v) is 3.33. The maximum absolute atomic E-state index is 12.8. The minimum Gasteiger partial charge on any atom is -0.344 e. The standard InChI is InChI=1S/C17H30N2O2/c1-17(2,3)10-12-19-11-9-14(20)18-15(16(19)21)13-7-5-4-6-8-13/h13,15H,4-12H2,1-3H3,(H,18,20). The number of nitrogens with one attached hydrogen (secondary N) is 1. The molecule has 1 heterocycles. The van der Waals surface area contributed by atoms with Gasteiger partial charge in [0.05, 0.1) is 0 Å². The van der Waals surface area contributed by atoms with E-state index in [1.807, 2.05) is 4.90 Å². The van der Waals surface area contributed by atoms with Gasteiger partial charge in [0.25, 0.3) is 0 Å². The molecular weight excluding hydrogens is 264 g/mol. The summed E-state index contributed by atoms with van der Waals surface area (Å²) in [6.45, 7) is 7.91. The highest BCUT2D eigenvalue weighted by atomic mass is 16.2. The lowest BCUT2D eigenvalue weighted by Crippen LogP contribution is -2.50. The second-order valence-electron chi connectivity index (χ2n) is 7.83. The Hall–Kier alpha value is -1.06. The van der Waals surface area contributed by atoms with E-state index in [9.17, 15) is 9.59 Å². The van der Waals surface area contributed by atoms with Crippen molar-refractivity contribution >= 4 is 11.8 Å². The van der Waals surface area contributed by atoms with Gasteiger partial charge in [0.2, 0.25) is 11.8 Å². The molecule has 21 heavy (non-hydrogen) atoms. The molecule has 0 radical (unpaired) electrons. The number of carbonyl (C=O) groups is 2. The Balaban J connectivity index is 2.04. The molecule has 1 aliphatic heterocycles. The molecule has 0 aromatic rings. The average Bonchev–Trinajstić information content (AvgIpc) is 2.57. The summed E-state index contributed by atoms with van der Waals surface area (Å²) >= 11 is 0. The molecule has 4 nitrogen and oxygen atoms in total. The minimum absolute atomic E-state index is 0.0391. The van der Waals surface area contributed by atoms with E-state index in [2.05, 4.69) is 26.1 Å². The largest absolute Gasteiger partial charge is 0.344 e. The van der Waals surface area contributed by atoms with Crippen LogP contribution in [0.25, 0.3) is 0 Å². The third kappa shape index (κ3) is 4.72. The van der Waals surface area contributed by atoms with Crippen molar-refractivity contribution in [1.29, 1.82) is 0 Å². The van der Waals surface area contributed by atoms with Gasteiger partial charge in [0.15, 0.2) is 0 Å². The molecule has 0 spiro atoms. The second-order valence-corrected chi connectivity index (χ2v) is 7.83. The van der Waals surface area contributed by atoms with Gasteiger partial charge >= 0.3 is 0 Å². The molecule has 2 fully saturated rings. The lowest BCUT2D eigenvalue weighted by atomic mass is 9.83. The fraction of sp³-hybridized carbons (Fsp3) is 0.882. The van der Waals surface area contributed by atoms with Gasteiger partial charge < -0.3 is 10.2 Å². The van der Waals surface area contributed by atoms with Crippen LogP contribution in [0.15, 0.2) is 0 Å². The smallest absolute Gasteiger partial charge is 0.245 e. The quantitative estimate of drug-likeness (QED) is 0.870. The molecule has 2 aliphatic rings. The summed E-state index contributed by atoms with van der Waals surface area (Å²) in [6, 6.07) is -0.278. The zero-order valence-electron chi connectivity index (χ0n) is 13.8. The highest BCUT2D eigenvalue weighted by Gasteiger charge is 2.36. The summed E-state index contributed by atoms with van der Waals surface area (Å²) in [4.78, 5) is 26.7. The van der Waals surface area contributed by atoms with Crippen LogP contribution in [0.2, 0.25) is 0 Å². The van der Waals surface area contributed by atoms with E-state index in [-0.39, 0.29) is 23.3 Å². The molecule has 120 valence electrons. The predicted molar refractivity (Wildman–Crippen MR) is 83.8 cm³/mol. The molecule has 2 amide bonds. The Labute approximate surface area is 128 Å². The number of hydrogen-bond acceptors (Lipinski definition) is 2. The van der Waals surface area contributed by atoms with Gasteiger partial charge in [0.1, 0.15) is 6.04 Å². The third-order valence-electron chi connectivity index (χ3n) is 4.76. The molecule has 1 saturated heterocycles. The van der Waals surface area contributed by atoms with Gasteiger partial charge in [-0.2, -0.15) is 0 Å². The predicted octanol–water partition coefficient (Wildman–Crippen LogP) is 2.72. The van der Waals surface area contributed by atoms with Gasteiger partial charge in [-0.05, 0) is 30.6 Å². The van der Waals surface area contributed by atoms with E-state index in [1.54, 1.807) is 0 Å². The molecule has 0 aromatic heterocycles. The maximum Gasteiger partial charge on any atom is 0.245 e. The number of nitrogens with zero attached hydrogens (tertiary/aromatic N) is 1. The van der Waals surface area contributed by atoms with Gasteiger partial charge in [0, 0.05) is 19.5 Å². The molecule has 0 bridgehead atoms. The summed E-state index contributed by atoms with van der Waals surface area (Å²) in [5.74, 6) is 0.527. The van der Waals surface area contributed by atoms with E-state index in [0.29, 0.717) is 18.9 Å². The molecule has 2 rings (SSSR count). The maximum atomic E-state index is 12.8. The van der Waals surface area contributed by atoms with Crippen LogP contribution >= 0.6 is 0 Å². The van der Waals surface area contributed by atoms with Crippen molar-refractivity contribution in [3.63, 3.8) is 0 Å². The topological polar surface area (TPSA) is 49.4 Å². The zero-order valence-corrected chi connectivity index (χ0v) is 13.8. The lowest BCUT2D eigenvalue weighted by molar-refractivity contribution is -0.135. The Morgan fingerprint density at radius 2 is 1.81 bits per heavy atom. The Bertz CT molecular complexity index is 381. The van der Waals surface area contributed by atoms with Gasteiger partial charge in [-0.25, -0.2) is 0 Å². The van der Waals surface area contributed by atoms with Crippen molar-refractivity contribution in [1.82, 2.24) is 10.2 Å². The molecule has 1 aliphatic carbocycles. The summed E-state index contributed by atoms with van der Waals surface area (Å²) in [5, 5.41) is 3.00. The fourth-order valence-electron chi connectivity index (χ4n) is 3.33. The van der Waals surface area contributed by atoms with Crippen LogP contribution in [0.4, 0.5) is 0 Å². The van der Waals surface area contributed by atoms with Crippen molar-refractivity contribution in [2.45, 2.75) is 71.8 Å². The van der Waals surface area contributed by atoms with Crippen LogP contribution < -0.4 is 5.32 Å². The third-order valence-corrected chi connectivity index (χ3v) is 4.76. The molecule has 1 unspecified atom stereocenters. The Morgan fingerprint density at radius 1 is 1.14 bits per heavy atom. The highest BCUT2D eigenvalue weighted by molar-refractivity contribution is 5.90. The van der Waals surface area contributed by atoms with E-state index >= 15 is 0 Å². The first-order valence-electron chi connectivity index (χ1n) is 8.45. The van der Waals surface area contributed by atoms with Gasteiger partial charge in [-0.3, -0.25) is 9.59 Å². The number of carbonyl (C=O) groups excluding carboxylic acids is 2. The molecule has 1 N–H and O–H groups in total. The molecule has 4 heteroatoms. The van der Waals surface area contributed by atoms with E-state index in [0.717, 1.165) is 25.8 Å². The van der Waals surface area contributed by atoms with E-state index in [4.69, 9.17) is 0 Å². The normalized spacial score (nSPS) is 25.7. The van der Waals surface area contributed by atoms with Crippen molar-refractivity contribution in [3.05, 3.63) is 0 Å². The van der Waals surface area contributed by atoms with Crippen molar-refractivity contribution in [2.75, 3.05) is 13.1 Å². The second kappa shape index (κ2) is 6.80. The minimum atomic E-state index is -0.278. The van der Waals surface area contributed by atoms with Crippen LogP contribution in [0.3, 0.4) is 0 Å².